The molecule has 2 aliphatic rings. The van der Waals surface area contributed by atoms with Gasteiger partial charge in [0.15, 0.2) is 0 Å². The fraction of sp³-hybridized carbons (Fsp3) is 1.00. The number of hydrogen-bond donors (Lipinski definition) is 4. The van der Waals surface area contributed by atoms with Gasteiger partial charge in [0.25, 0.3) is 0 Å². The zero-order valence-corrected chi connectivity index (χ0v) is 9.52. The zero-order valence-electron chi connectivity index (χ0n) is 9.52. The summed E-state index contributed by atoms with van der Waals surface area (Å²) in [5, 5.41) is 14.0. The van der Waals surface area contributed by atoms with Crippen LogP contribution in [0.1, 0.15) is 38.5 Å². The standard InChI is InChI=1S/C11H24N4/c1-3-7-12-10(5-1)14-9-15-11-6-2-4-8-13-11/h10-15H,1-9H2. The highest BCUT2D eigenvalue weighted by Gasteiger charge is 2.13. The summed E-state index contributed by atoms with van der Waals surface area (Å²) in [4.78, 5) is 0. The molecule has 0 saturated carbocycles. The van der Waals surface area contributed by atoms with Crippen LogP contribution in [0.3, 0.4) is 0 Å². The van der Waals surface area contributed by atoms with Crippen molar-refractivity contribution in [1.29, 1.82) is 0 Å². The van der Waals surface area contributed by atoms with E-state index in [1.54, 1.807) is 0 Å². The van der Waals surface area contributed by atoms with Crippen LogP contribution < -0.4 is 21.3 Å². The Morgan fingerprint density at radius 1 is 0.800 bits per heavy atom. The Labute approximate surface area is 92.6 Å². The van der Waals surface area contributed by atoms with Crippen LogP contribution in [0.2, 0.25) is 0 Å². The minimum absolute atomic E-state index is 0.523. The van der Waals surface area contributed by atoms with E-state index in [-0.39, 0.29) is 0 Å². The maximum Gasteiger partial charge on any atom is 0.0581 e. The molecule has 0 aromatic rings. The average Bonchev–Trinajstić information content (AvgIpc) is 2.32. The summed E-state index contributed by atoms with van der Waals surface area (Å²) in [6.07, 6.45) is 8.94. The molecule has 0 aromatic heterocycles. The van der Waals surface area contributed by atoms with E-state index in [1.165, 1.54) is 51.6 Å². The van der Waals surface area contributed by atoms with Crippen molar-refractivity contribution in [2.75, 3.05) is 19.8 Å². The van der Waals surface area contributed by atoms with Crippen molar-refractivity contribution < 1.29 is 0 Å². The molecule has 2 rings (SSSR count). The molecule has 2 unspecified atom stereocenters. The van der Waals surface area contributed by atoms with Gasteiger partial charge in [0.1, 0.15) is 0 Å². The van der Waals surface area contributed by atoms with Crippen molar-refractivity contribution in [2.24, 2.45) is 0 Å². The lowest BCUT2D eigenvalue weighted by molar-refractivity contribution is 0.294. The molecule has 2 saturated heterocycles. The van der Waals surface area contributed by atoms with Gasteiger partial charge in [-0.05, 0) is 51.6 Å². The first-order chi connectivity index (χ1) is 7.45. The van der Waals surface area contributed by atoms with Gasteiger partial charge in [-0.2, -0.15) is 0 Å². The number of nitrogens with one attached hydrogen (secondary N) is 4. The third-order valence-electron chi connectivity index (χ3n) is 3.32. The molecule has 0 bridgehead atoms. The monoisotopic (exact) mass is 212 g/mol. The van der Waals surface area contributed by atoms with Crippen molar-refractivity contribution in [2.45, 2.75) is 50.9 Å². The van der Waals surface area contributed by atoms with Crippen LogP contribution in [-0.2, 0) is 0 Å². The van der Waals surface area contributed by atoms with E-state index >= 15 is 0 Å². The Kier molecular flexibility index (Phi) is 4.86. The second-order valence-electron chi connectivity index (χ2n) is 4.59. The maximum atomic E-state index is 3.51. The normalized spacial score (nSPS) is 32.8. The summed E-state index contributed by atoms with van der Waals surface area (Å²) in [6.45, 7) is 3.24. The SMILES string of the molecule is C1CCC(NCNC2CCCCN2)NC1. The number of rotatable bonds is 4. The molecule has 0 amide bonds. The lowest BCUT2D eigenvalue weighted by atomic mass is 10.1. The van der Waals surface area contributed by atoms with E-state index in [4.69, 9.17) is 0 Å². The van der Waals surface area contributed by atoms with E-state index in [2.05, 4.69) is 21.3 Å². The fourth-order valence-electron chi connectivity index (χ4n) is 2.36. The Morgan fingerprint density at radius 2 is 1.33 bits per heavy atom. The predicted molar refractivity (Wildman–Crippen MR) is 62.4 cm³/mol. The Hall–Kier alpha value is -0.160. The maximum absolute atomic E-state index is 3.51. The van der Waals surface area contributed by atoms with Gasteiger partial charge < -0.3 is 10.6 Å². The molecule has 2 fully saturated rings. The lowest BCUT2D eigenvalue weighted by Crippen LogP contribution is -2.53. The Bertz CT molecular complexity index is 144. The molecule has 2 heterocycles. The molecule has 2 aliphatic heterocycles. The van der Waals surface area contributed by atoms with Crippen molar-refractivity contribution >= 4 is 0 Å². The Morgan fingerprint density at radius 3 is 1.73 bits per heavy atom. The van der Waals surface area contributed by atoms with Crippen LogP contribution >= 0.6 is 0 Å². The first-order valence-corrected chi connectivity index (χ1v) is 6.39. The molecule has 4 N–H and O–H groups in total. The van der Waals surface area contributed by atoms with Gasteiger partial charge in [0.05, 0.1) is 12.3 Å². The smallest absolute Gasteiger partial charge is 0.0581 e. The molecule has 2 atom stereocenters. The summed E-state index contributed by atoms with van der Waals surface area (Å²) < 4.78 is 0. The molecule has 0 aromatic carbocycles. The molecule has 88 valence electrons. The van der Waals surface area contributed by atoms with E-state index in [1.807, 2.05) is 0 Å². The van der Waals surface area contributed by atoms with Gasteiger partial charge >= 0.3 is 0 Å². The van der Waals surface area contributed by atoms with E-state index in [0.29, 0.717) is 12.3 Å². The molecule has 0 radical (unpaired) electrons. The minimum Gasteiger partial charge on any atom is -0.302 e. The van der Waals surface area contributed by atoms with Crippen molar-refractivity contribution in [1.82, 2.24) is 21.3 Å². The summed E-state index contributed by atoms with van der Waals surface area (Å²) >= 11 is 0. The molecule has 0 aliphatic carbocycles. The summed E-state index contributed by atoms with van der Waals surface area (Å²) in [5.41, 5.74) is 0. The second kappa shape index (κ2) is 6.43. The molecule has 0 spiro atoms. The van der Waals surface area contributed by atoms with Gasteiger partial charge in [0, 0.05) is 6.67 Å². The van der Waals surface area contributed by atoms with Crippen LogP contribution in [-0.4, -0.2) is 32.1 Å². The summed E-state index contributed by atoms with van der Waals surface area (Å²) in [6, 6.07) is 0. The van der Waals surface area contributed by atoms with Crippen LogP contribution in [0, 0.1) is 0 Å². The highest BCUT2D eigenvalue weighted by Crippen LogP contribution is 2.05. The fourth-order valence-corrected chi connectivity index (χ4v) is 2.36. The first kappa shape index (κ1) is 11.3. The van der Waals surface area contributed by atoms with E-state index in [9.17, 15) is 0 Å². The first-order valence-electron chi connectivity index (χ1n) is 6.39. The van der Waals surface area contributed by atoms with Crippen LogP contribution in [0.15, 0.2) is 0 Å². The van der Waals surface area contributed by atoms with Crippen LogP contribution in [0.4, 0.5) is 0 Å². The topological polar surface area (TPSA) is 48.1 Å². The van der Waals surface area contributed by atoms with Crippen LogP contribution in [0.25, 0.3) is 0 Å². The minimum atomic E-state index is 0.523. The summed E-state index contributed by atoms with van der Waals surface area (Å²) in [5.74, 6) is 0. The van der Waals surface area contributed by atoms with Crippen LogP contribution in [0.5, 0.6) is 0 Å². The molecule has 4 nitrogen and oxygen atoms in total. The highest BCUT2D eigenvalue weighted by molar-refractivity contribution is 4.72. The Balaban J connectivity index is 1.53. The number of hydrogen-bond acceptors (Lipinski definition) is 4. The lowest BCUT2D eigenvalue weighted by Gasteiger charge is -2.28. The van der Waals surface area contributed by atoms with Gasteiger partial charge in [-0.15, -0.1) is 0 Å². The molecule has 4 heteroatoms. The molecule has 15 heavy (non-hydrogen) atoms. The second-order valence-corrected chi connectivity index (χ2v) is 4.59. The van der Waals surface area contributed by atoms with Crippen molar-refractivity contribution in [3.05, 3.63) is 0 Å². The highest BCUT2D eigenvalue weighted by atomic mass is 15.2. The van der Waals surface area contributed by atoms with Gasteiger partial charge in [-0.25, -0.2) is 0 Å². The zero-order chi connectivity index (χ0) is 10.3. The molecular formula is C11H24N4. The third kappa shape index (κ3) is 4.07. The largest absolute Gasteiger partial charge is 0.302 e. The van der Waals surface area contributed by atoms with Crippen molar-refractivity contribution in [3.8, 4) is 0 Å². The van der Waals surface area contributed by atoms with Gasteiger partial charge in [0.2, 0.25) is 0 Å². The number of piperidine rings is 2. The third-order valence-corrected chi connectivity index (χ3v) is 3.32. The molecular weight excluding hydrogens is 188 g/mol. The van der Waals surface area contributed by atoms with Crippen molar-refractivity contribution in [3.63, 3.8) is 0 Å². The van der Waals surface area contributed by atoms with Gasteiger partial charge in [-0.3, -0.25) is 10.6 Å². The van der Waals surface area contributed by atoms with E-state index < -0.39 is 0 Å². The quantitative estimate of drug-likeness (QED) is 0.507. The average molecular weight is 212 g/mol. The predicted octanol–water partition coefficient (Wildman–Crippen LogP) is 0.322. The summed E-state index contributed by atoms with van der Waals surface area (Å²) in [7, 11) is 0. The van der Waals surface area contributed by atoms with Gasteiger partial charge in [-0.1, -0.05) is 0 Å². The van der Waals surface area contributed by atoms with E-state index in [0.717, 1.165) is 6.67 Å².